The predicted molar refractivity (Wildman–Crippen MR) is 116 cm³/mol. The van der Waals surface area contributed by atoms with Crippen LogP contribution in [0.25, 0.3) is 17.1 Å². The van der Waals surface area contributed by atoms with Crippen molar-refractivity contribution in [2.45, 2.75) is 13.8 Å². The van der Waals surface area contributed by atoms with Gasteiger partial charge in [0, 0.05) is 16.3 Å². The molecule has 1 heterocycles. The van der Waals surface area contributed by atoms with E-state index >= 15 is 0 Å². The van der Waals surface area contributed by atoms with E-state index in [4.69, 9.17) is 11.6 Å². The molecule has 0 spiro atoms. The van der Waals surface area contributed by atoms with Crippen molar-refractivity contribution in [3.05, 3.63) is 94.5 Å². The molecule has 0 atom stereocenters. The molecule has 30 heavy (non-hydrogen) atoms. The molecule has 150 valence electrons. The number of amides is 1. The van der Waals surface area contributed by atoms with E-state index in [2.05, 4.69) is 15.4 Å². The van der Waals surface area contributed by atoms with E-state index < -0.39 is 5.91 Å². The summed E-state index contributed by atoms with van der Waals surface area (Å²) in [6, 6.07) is 18.5. The van der Waals surface area contributed by atoms with Crippen LogP contribution >= 0.6 is 11.6 Å². The minimum absolute atomic E-state index is 0.00480. The average molecular weight is 421 g/mol. The fourth-order valence-electron chi connectivity index (χ4n) is 3.05. The predicted octanol–water partition coefficient (Wildman–Crippen LogP) is 5.60. The summed E-state index contributed by atoms with van der Waals surface area (Å²) in [5.74, 6) is -0.350. The number of nitrogens with one attached hydrogen (secondary N) is 1. The van der Waals surface area contributed by atoms with Crippen LogP contribution in [-0.2, 0) is 0 Å². The number of rotatable bonds is 4. The number of carbonyl (C=O) groups is 1. The summed E-state index contributed by atoms with van der Waals surface area (Å²) in [6.45, 7) is 3.98. The Bertz CT molecular complexity index is 1220. The minimum atomic E-state index is -0.454. The Labute approximate surface area is 178 Å². The van der Waals surface area contributed by atoms with Gasteiger partial charge in [-0.15, -0.1) is 5.10 Å². The SMILES string of the molecule is Cc1cccc(-n2nc(C(=O)Nc3ccc(Cl)cc3)nc2-c2ccc(F)cc2)c1C. The average Bonchev–Trinajstić information content (AvgIpc) is 3.17. The molecule has 1 aromatic heterocycles. The number of nitrogens with zero attached hydrogens (tertiary/aromatic N) is 3. The zero-order valence-electron chi connectivity index (χ0n) is 16.4. The molecule has 0 saturated heterocycles. The first-order valence-electron chi connectivity index (χ1n) is 9.29. The van der Waals surface area contributed by atoms with Gasteiger partial charge in [0.15, 0.2) is 5.82 Å². The van der Waals surface area contributed by atoms with E-state index in [1.165, 1.54) is 12.1 Å². The van der Waals surface area contributed by atoms with Crippen LogP contribution in [0.5, 0.6) is 0 Å². The lowest BCUT2D eigenvalue weighted by Gasteiger charge is -2.11. The molecule has 4 rings (SSSR count). The standard InChI is InChI=1S/C23H18ClFN4O/c1-14-4-3-5-20(15(14)2)29-22(16-6-10-18(25)11-7-16)27-21(28-29)23(30)26-19-12-8-17(24)9-13-19/h3-13H,1-2H3,(H,26,30). The molecule has 0 fully saturated rings. The van der Waals surface area contributed by atoms with Crippen LogP contribution in [0, 0.1) is 19.7 Å². The first-order valence-corrected chi connectivity index (χ1v) is 9.66. The van der Waals surface area contributed by atoms with Gasteiger partial charge in [-0.1, -0.05) is 23.7 Å². The molecule has 1 N–H and O–H groups in total. The molecular weight excluding hydrogens is 403 g/mol. The van der Waals surface area contributed by atoms with Gasteiger partial charge < -0.3 is 5.32 Å². The van der Waals surface area contributed by atoms with Crippen LogP contribution in [0.3, 0.4) is 0 Å². The van der Waals surface area contributed by atoms with Gasteiger partial charge in [-0.3, -0.25) is 4.79 Å². The van der Waals surface area contributed by atoms with Gasteiger partial charge in [-0.2, -0.15) is 0 Å². The molecule has 0 saturated carbocycles. The van der Waals surface area contributed by atoms with E-state index in [0.29, 0.717) is 22.1 Å². The molecule has 0 aliphatic heterocycles. The van der Waals surface area contributed by atoms with Gasteiger partial charge in [0.1, 0.15) is 5.82 Å². The maximum absolute atomic E-state index is 13.4. The zero-order chi connectivity index (χ0) is 21.3. The van der Waals surface area contributed by atoms with Gasteiger partial charge >= 0.3 is 0 Å². The van der Waals surface area contributed by atoms with E-state index in [-0.39, 0.29) is 11.6 Å². The number of hydrogen-bond donors (Lipinski definition) is 1. The minimum Gasteiger partial charge on any atom is -0.319 e. The molecular formula is C23H18ClFN4O. The molecule has 0 unspecified atom stereocenters. The monoisotopic (exact) mass is 420 g/mol. The smallest absolute Gasteiger partial charge is 0.295 e. The zero-order valence-corrected chi connectivity index (χ0v) is 17.1. The molecule has 0 aliphatic carbocycles. The second-order valence-electron chi connectivity index (χ2n) is 6.86. The fraction of sp³-hybridized carbons (Fsp3) is 0.0870. The molecule has 5 nitrogen and oxygen atoms in total. The van der Waals surface area contributed by atoms with Crippen molar-refractivity contribution >= 4 is 23.2 Å². The number of hydrogen-bond acceptors (Lipinski definition) is 3. The lowest BCUT2D eigenvalue weighted by molar-refractivity contribution is 0.101. The Morgan fingerprint density at radius 3 is 2.40 bits per heavy atom. The number of benzene rings is 3. The van der Waals surface area contributed by atoms with Crippen LogP contribution < -0.4 is 5.32 Å². The Hall–Kier alpha value is -3.51. The molecule has 1 amide bonds. The summed E-state index contributed by atoms with van der Waals surface area (Å²) >= 11 is 5.90. The lowest BCUT2D eigenvalue weighted by atomic mass is 10.1. The number of anilines is 1. The second-order valence-corrected chi connectivity index (χ2v) is 7.29. The first-order chi connectivity index (χ1) is 14.4. The Balaban J connectivity index is 1.79. The highest BCUT2D eigenvalue weighted by molar-refractivity contribution is 6.30. The molecule has 0 radical (unpaired) electrons. The normalized spacial score (nSPS) is 10.8. The Morgan fingerprint density at radius 1 is 1.00 bits per heavy atom. The Kier molecular flexibility index (Phi) is 5.33. The lowest BCUT2D eigenvalue weighted by Crippen LogP contribution is -2.14. The maximum atomic E-state index is 13.4. The molecule has 0 bridgehead atoms. The van der Waals surface area contributed by atoms with Crippen molar-refractivity contribution in [1.29, 1.82) is 0 Å². The van der Waals surface area contributed by atoms with Crippen molar-refractivity contribution in [1.82, 2.24) is 14.8 Å². The molecule has 4 aromatic rings. The van der Waals surface area contributed by atoms with Crippen molar-refractivity contribution in [2.24, 2.45) is 0 Å². The third kappa shape index (κ3) is 3.95. The summed E-state index contributed by atoms with van der Waals surface area (Å²) in [6.07, 6.45) is 0. The summed E-state index contributed by atoms with van der Waals surface area (Å²) in [7, 11) is 0. The van der Waals surface area contributed by atoms with Crippen molar-refractivity contribution in [2.75, 3.05) is 5.32 Å². The fourth-order valence-corrected chi connectivity index (χ4v) is 3.17. The Morgan fingerprint density at radius 2 is 1.70 bits per heavy atom. The van der Waals surface area contributed by atoms with E-state index in [1.54, 1.807) is 41.1 Å². The van der Waals surface area contributed by atoms with Crippen LogP contribution in [0.4, 0.5) is 10.1 Å². The number of aromatic nitrogens is 3. The van der Waals surface area contributed by atoms with E-state index in [0.717, 1.165) is 16.8 Å². The third-order valence-corrected chi connectivity index (χ3v) is 5.07. The van der Waals surface area contributed by atoms with Gasteiger partial charge in [0.25, 0.3) is 5.91 Å². The first kappa shape index (κ1) is 19.8. The largest absolute Gasteiger partial charge is 0.319 e. The highest BCUT2D eigenvalue weighted by Gasteiger charge is 2.20. The number of halogens is 2. The van der Waals surface area contributed by atoms with Crippen LogP contribution in [-0.4, -0.2) is 20.7 Å². The van der Waals surface area contributed by atoms with Crippen molar-refractivity contribution in [3.8, 4) is 17.1 Å². The molecule has 0 aliphatic rings. The summed E-state index contributed by atoms with van der Waals surface area (Å²) in [5, 5.41) is 7.81. The molecule has 3 aromatic carbocycles. The van der Waals surface area contributed by atoms with Crippen molar-refractivity contribution < 1.29 is 9.18 Å². The second kappa shape index (κ2) is 8.08. The number of aryl methyl sites for hydroxylation is 1. The maximum Gasteiger partial charge on any atom is 0.295 e. The van der Waals surface area contributed by atoms with Gasteiger partial charge in [-0.05, 0) is 79.6 Å². The highest BCUT2D eigenvalue weighted by atomic mass is 35.5. The third-order valence-electron chi connectivity index (χ3n) is 4.82. The van der Waals surface area contributed by atoms with Crippen LogP contribution in [0.15, 0.2) is 66.7 Å². The van der Waals surface area contributed by atoms with Gasteiger partial charge in [0.05, 0.1) is 5.69 Å². The topological polar surface area (TPSA) is 59.8 Å². The van der Waals surface area contributed by atoms with Crippen LogP contribution in [0.1, 0.15) is 21.7 Å². The molecule has 7 heteroatoms. The van der Waals surface area contributed by atoms with E-state index in [1.807, 2.05) is 32.0 Å². The summed E-state index contributed by atoms with van der Waals surface area (Å²) in [4.78, 5) is 17.3. The van der Waals surface area contributed by atoms with Gasteiger partial charge in [-0.25, -0.2) is 14.1 Å². The quantitative estimate of drug-likeness (QED) is 0.467. The van der Waals surface area contributed by atoms with Crippen LogP contribution in [0.2, 0.25) is 5.02 Å². The number of carbonyl (C=O) groups excluding carboxylic acids is 1. The van der Waals surface area contributed by atoms with Crippen molar-refractivity contribution in [3.63, 3.8) is 0 Å². The van der Waals surface area contributed by atoms with E-state index in [9.17, 15) is 9.18 Å². The van der Waals surface area contributed by atoms with Gasteiger partial charge in [0.2, 0.25) is 5.82 Å². The highest BCUT2D eigenvalue weighted by Crippen LogP contribution is 2.25. The summed E-state index contributed by atoms with van der Waals surface area (Å²) in [5.41, 5.74) is 4.12. The summed E-state index contributed by atoms with van der Waals surface area (Å²) < 4.78 is 15.0.